The Labute approximate surface area is 221 Å². The summed E-state index contributed by atoms with van der Waals surface area (Å²) in [7, 11) is 1.65. The zero-order valence-corrected chi connectivity index (χ0v) is 21.8. The summed E-state index contributed by atoms with van der Waals surface area (Å²) in [5.74, 6) is -0.984. The number of aliphatic imine (C=N–C) groups is 1. The van der Waals surface area contributed by atoms with Crippen LogP contribution in [0, 0.1) is 0 Å². The molecule has 0 spiro atoms. The normalized spacial score (nSPS) is 16.0. The Balaban J connectivity index is 1.66. The van der Waals surface area contributed by atoms with Crippen LogP contribution in [-0.4, -0.2) is 53.5 Å². The van der Waals surface area contributed by atoms with E-state index >= 15 is 0 Å². The molecule has 196 valence electrons. The molecule has 0 saturated heterocycles. The summed E-state index contributed by atoms with van der Waals surface area (Å²) in [5, 5.41) is 5.39. The van der Waals surface area contributed by atoms with Crippen molar-refractivity contribution in [3.8, 4) is 0 Å². The number of anilines is 1. The van der Waals surface area contributed by atoms with Crippen LogP contribution in [0.4, 0.5) is 10.5 Å². The highest BCUT2D eigenvalue weighted by Crippen LogP contribution is 2.27. The van der Waals surface area contributed by atoms with Gasteiger partial charge in [0, 0.05) is 37.0 Å². The van der Waals surface area contributed by atoms with E-state index in [-0.39, 0.29) is 6.42 Å². The Kier molecular flexibility index (Phi) is 7.85. The number of carbonyl (C=O) groups is 3. The minimum Gasteiger partial charge on any atom is -0.444 e. The van der Waals surface area contributed by atoms with Crippen LogP contribution >= 0.6 is 0 Å². The van der Waals surface area contributed by atoms with Crippen molar-refractivity contribution in [3.05, 3.63) is 95.8 Å². The van der Waals surface area contributed by atoms with Gasteiger partial charge < -0.3 is 20.3 Å². The number of fused-ring (bicyclic) bond motifs is 1. The van der Waals surface area contributed by atoms with Crippen molar-refractivity contribution in [1.29, 1.82) is 0 Å². The van der Waals surface area contributed by atoms with Crippen LogP contribution in [-0.2, 0) is 20.7 Å². The van der Waals surface area contributed by atoms with E-state index in [1.807, 2.05) is 54.6 Å². The number of nitrogens with one attached hydrogen (secondary N) is 2. The lowest BCUT2D eigenvalue weighted by Crippen LogP contribution is -2.54. The molecule has 0 aliphatic carbocycles. The van der Waals surface area contributed by atoms with Gasteiger partial charge in [-0.15, -0.1) is 0 Å². The Bertz CT molecular complexity index is 1340. The highest BCUT2D eigenvalue weighted by atomic mass is 16.6. The van der Waals surface area contributed by atoms with Gasteiger partial charge in [0.2, 0.25) is 12.1 Å². The van der Waals surface area contributed by atoms with E-state index in [1.165, 1.54) is 4.90 Å². The predicted octanol–water partition coefficient (Wildman–Crippen LogP) is 3.47. The molecular weight excluding hydrogens is 482 g/mol. The number of carbonyl (C=O) groups excluding carboxylic acids is 3. The lowest BCUT2D eigenvalue weighted by Gasteiger charge is -2.25. The van der Waals surface area contributed by atoms with Gasteiger partial charge in [-0.1, -0.05) is 54.6 Å². The van der Waals surface area contributed by atoms with Crippen molar-refractivity contribution in [2.45, 2.75) is 45.0 Å². The number of benzene rings is 2. The average molecular weight is 514 g/mol. The summed E-state index contributed by atoms with van der Waals surface area (Å²) in [5.41, 5.74) is 2.81. The first-order valence-electron chi connectivity index (χ1n) is 12.3. The fourth-order valence-electron chi connectivity index (χ4n) is 4.09. The van der Waals surface area contributed by atoms with E-state index in [0.717, 1.165) is 16.7 Å². The quantitative estimate of drug-likeness (QED) is 0.524. The van der Waals surface area contributed by atoms with Crippen LogP contribution in [0.1, 0.15) is 37.5 Å². The smallest absolute Gasteiger partial charge is 0.408 e. The average Bonchev–Trinajstić information content (AvgIpc) is 2.99. The molecule has 3 aromatic rings. The minimum atomic E-state index is -1.22. The van der Waals surface area contributed by atoms with Gasteiger partial charge in [-0.2, -0.15) is 0 Å². The minimum absolute atomic E-state index is 0.144. The standard InChI is InChI=1S/C29H31N5O4/c1-29(2,3)38-28(37)31-22(17-19-11-10-16-30-18-19)26(35)33-25-27(36)34(4)23-15-9-8-14-21(23)24(32-25)20-12-6-5-7-13-20/h5-16,18,22,25H,17H2,1-4H3,(H,31,37)(H,33,35). The molecule has 2 atom stereocenters. The highest BCUT2D eigenvalue weighted by molar-refractivity contribution is 6.20. The topological polar surface area (TPSA) is 113 Å². The fourth-order valence-corrected chi connectivity index (χ4v) is 4.09. The maximum absolute atomic E-state index is 13.6. The number of amides is 3. The first-order chi connectivity index (χ1) is 18.1. The van der Waals surface area contributed by atoms with E-state index in [0.29, 0.717) is 11.4 Å². The van der Waals surface area contributed by atoms with E-state index in [9.17, 15) is 14.4 Å². The van der Waals surface area contributed by atoms with Crippen LogP contribution in [0.5, 0.6) is 0 Å². The zero-order valence-electron chi connectivity index (χ0n) is 21.8. The van der Waals surface area contributed by atoms with Crippen LogP contribution in [0.15, 0.2) is 84.1 Å². The number of hydrogen-bond acceptors (Lipinski definition) is 6. The Hall–Kier alpha value is -4.53. The number of likely N-dealkylation sites (N-methyl/N-ethyl adjacent to an activating group) is 1. The van der Waals surface area contributed by atoms with Crippen molar-refractivity contribution in [2.24, 2.45) is 4.99 Å². The van der Waals surface area contributed by atoms with Crippen LogP contribution in [0.25, 0.3) is 0 Å². The second-order valence-corrected chi connectivity index (χ2v) is 9.93. The van der Waals surface area contributed by atoms with Crippen molar-refractivity contribution >= 4 is 29.3 Å². The molecule has 9 nitrogen and oxygen atoms in total. The fraction of sp³-hybridized carbons (Fsp3) is 0.276. The van der Waals surface area contributed by atoms with Crippen molar-refractivity contribution < 1.29 is 19.1 Å². The molecule has 2 aromatic carbocycles. The molecule has 0 radical (unpaired) electrons. The SMILES string of the molecule is CN1C(=O)C(NC(=O)C(Cc2cccnc2)NC(=O)OC(C)(C)C)N=C(c2ccccc2)c2ccccc21. The molecule has 0 bridgehead atoms. The Morgan fingerprint density at radius 1 is 1.03 bits per heavy atom. The molecule has 2 N–H and O–H groups in total. The van der Waals surface area contributed by atoms with Gasteiger partial charge >= 0.3 is 6.09 Å². The largest absolute Gasteiger partial charge is 0.444 e. The van der Waals surface area contributed by atoms with E-state index in [2.05, 4.69) is 15.6 Å². The molecule has 2 heterocycles. The van der Waals surface area contributed by atoms with Crippen LogP contribution < -0.4 is 15.5 Å². The number of para-hydroxylation sites is 1. The predicted molar refractivity (Wildman–Crippen MR) is 145 cm³/mol. The molecule has 0 fully saturated rings. The number of ether oxygens (including phenoxy) is 1. The summed E-state index contributed by atoms with van der Waals surface area (Å²) >= 11 is 0. The maximum Gasteiger partial charge on any atom is 0.408 e. The Morgan fingerprint density at radius 3 is 2.42 bits per heavy atom. The van der Waals surface area contributed by atoms with Crippen molar-refractivity contribution in [2.75, 3.05) is 11.9 Å². The molecule has 4 rings (SSSR count). The molecule has 1 aliphatic heterocycles. The first-order valence-corrected chi connectivity index (χ1v) is 12.3. The molecule has 38 heavy (non-hydrogen) atoms. The number of rotatable bonds is 6. The Morgan fingerprint density at radius 2 is 1.74 bits per heavy atom. The lowest BCUT2D eigenvalue weighted by molar-refractivity contribution is -0.128. The summed E-state index contributed by atoms with van der Waals surface area (Å²) in [4.78, 5) is 49.9. The van der Waals surface area contributed by atoms with Crippen LogP contribution in [0.3, 0.4) is 0 Å². The number of alkyl carbamates (subject to hydrolysis) is 1. The third-order valence-electron chi connectivity index (χ3n) is 5.84. The zero-order chi connectivity index (χ0) is 27.3. The highest BCUT2D eigenvalue weighted by Gasteiger charge is 2.33. The summed E-state index contributed by atoms with van der Waals surface area (Å²) < 4.78 is 5.37. The molecule has 0 saturated carbocycles. The van der Waals surface area contributed by atoms with E-state index < -0.39 is 35.7 Å². The number of benzodiazepines with no additional fused rings is 1. The van der Waals surface area contributed by atoms with Gasteiger partial charge in [0.15, 0.2) is 0 Å². The second-order valence-electron chi connectivity index (χ2n) is 9.93. The number of nitrogens with zero attached hydrogens (tertiary/aromatic N) is 3. The molecular formula is C29H31N5O4. The second kappa shape index (κ2) is 11.2. The molecule has 1 aromatic heterocycles. The van der Waals surface area contributed by atoms with Crippen molar-refractivity contribution in [1.82, 2.24) is 15.6 Å². The summed E-state index contributed by atoms with van der Waals surface area (Å²) in [6.07, 6.45) is 1.42. The van der Waals surface area contributed by atoms with Crippen molar-refractivity contribution in [3.63, 3.8) is 0 Å². The van der Waals surface area contributed by atoms with Gasteiger partial charge in [0.1, 0.15) is 11.6 Å². The number of pyridine rings is 1. The van der Waals surface area contributed by atoms with Gasteiger partial charge in [-0.25, -0.2) is 9.79 Å². The van der Waals surface area contributed by atoms with Gasteiger partial charge in [0.25, 0.3) is 5.91 Å². The maximum atomic E-state index is 13.6. The number of hydrogen-bond donors (Lipinski definition) is 2. The van der Waals surface area contributed by atoms with Gasteiger partial charge in [0.05, 0.1) is 11.4 Å². The third-order valence-corrected chi connectivity index (χ3v) is 5.84. The molecule has 2 unspecified atom stereocenters. The third kappa shape index (κ3) is 6.42. The van der Waals surface area contributed by atoms with Gasteiger partial charge in [-0.05, 0) is 38.5 Å². The summed E-state index contributed by atoms with van der Waals surface area (Å²) in [6.45, 7) is 5.21. The monoisotopic (exact) mass is 513 g/mol. The number of aromatic nitrogens is 1. The first kappa shape index (κ1) is 26.5. The van der Waals surface area contributed by atoms with E-state index in [1.54, 1.807) is 52.3 Å². The molecule has 3 amide bonds. The van der Waals surface area contributed by atoms with Crippen LogP contribution in [0.2, 0.25) is 0 Å². The van der Waals surface area contributed by atoms with Gasteiger partial charge in [-0.3, -0.25) is 14.6 Å². The van der Waals surface area contributed by atoms with E-state index in [4.69, 9.17) is 9.73 Å². The lowest BCUT2D eigenvalue weighted by atomic mass is 10.0. The summed E-state index contributed by atoms with van der Waals surface area (Å²) in [6, 6.07) is 19.4. The molecule has 9 heteroatoms. The molecule has 1 aliphatic rings.